The highest BCUT2D eigenvalue weighted by atomic mass is 35.5. The minimum Gasteiger partial charge on any atom is -0.351 e. The number of nitrogens with zero attached hydrogens (tertiary/aromatic N) is 1. The van der Waals surface area contributed by atoms with Crippen molar-refractivity contribution >= 4 is 27.5 Å². The maximum Gasteiger partial charge on any atom is 0.243 e. The standard InChI is InChI=1S/C22H27ClN2O3S/c1-3-16-7-8-17(4-2)18(14-16)15-24-22(26)21-6-5-13-25(21)29(27,28)20-11-9-19(23)10-12-20/h7-12,14,21H,3-6,13,15H2,1-2H3,(H,24,26)/t21-/m1/s1. The van der Waals surface area contributed by atoms with Gasteiger partial charge in [-0.05, 0) is 66.6 Å². The quantitative estimate of drug-likeness (QED) is 0.717. The maximum atomic E-state index is 13.0. The summed E-state index contributed by atoms with van der Waals surface area (Å²) in [6.07, 6.45) is 3.00. The van der Waals surface area contributed by atoms with E-state index in [9.17, 15) is 13.2 Å². The van der Waals surface area contributed by atoms with Gasteiger partial charge in [0.2, 0.25) is 15.9 Å². The molecule has 0 spiro atoms. The first-order valence-electron chi connectivity index (χ1n) is 10.0. The number of amides is 1. The molecular weight excluding hydrogens is 408 g/mol. The smallest absolute Gasteiger partial charge is 0.243 e. The van der Waals surface area contributed by atoms with Gasteiger partial charge in [-0.25, -0.2) is 8.42 Å². The van der Waals surface area contributed by atoms with Gasteiger partial charge < -0.3 is 5.32 Å². The first-order chi connectivity index (χ1) is 13.9. The number of carbonyl (C=O) groups excluding carboxylic acids is 1. The molecule has 156 valence electrons. The summed E-state index contributed by atoms with van der Waals surface area (Å²) in [6, 6.07) is 11.7. The third-order valence-electron chi connectivity index (χ3n) is 5.44. The molecule has 1 aliphatic rings. The molecule has 1 aliphatic heterocycles. The Labute approximate surface area is 178 Å². The molecule has 29 heavy (non-hydrogen) atoms. The minimum absolute atomic E-state index is 0.158. The molecule has 7 heteroatoms. The van der Waals surface area contributed by atoms with Crippen molar-refractivity contribution in [3.8, 4) is 0 Å². The lowest BCUT2D eigenvalue weighted by molar-refractivity contribution is -0.124. The van der Waals surface area contributed by atoms with Crippen LogP contribution in [0.15, 0.2) is 47.4 Å². The van der Waals surface area contributed by atoms with E-state index < -0.39 is 16.1 Å². The van der Waals surface area contributed by atoms with Crippen LogP contribution in [-0.2, 0) is 34.2 Å². The summed E-state index contributed by atoms with van der Waals surface area (Å²) in [6.45, 7) is 4.93. The molecule has 1 amide bonds. The van der Waals surface area contributed by atoms with Crippen molar-refractivity contribution in [2.45, 2.75) is 57.0 Å². The van der Waals surface area contributed by atoms with Crippen molar-refractivity contribution in [2.24, 2.45) is 0 Å². The molecule has 5 nitrogen and oxygen atoms in total. The van der Waals surface area contributed by atoms with Gasteiger partial charge in [0.25, 0.3) is 0 Å². The molecule has 1 N–H and O–H groups in total. The van der Waals surface area contributed by atoms with E-state index in [2.05, 4.69) is 37.4 Å². The number of nitrogens with one attached hydrogen (secondary N) is 1. The fourth-order valence-corrected chi connectivity index (χ4v) is 5.52. The Morgan fingerprint density at radius 1 is 1.10 bits per heavy atom. The van der Waals surface area contributed by atoms with Crippen LogP contribution in [0.1, 0.15) is 43.4 Å². The predicted octanol–water partition coefficient (Wildman–Crippen LogP) is 3.93. The number of aryl methyl sites for hydroxylation is 2. The second-order valence-corrected chi connectivity index (χ2v) is 9.58. The van der Waals surface area contributed by atoms with Gasteiger partial charge in [0.15, 0.2) is 0 Å². The van der Waals surface area contributed by atoms with Crippen LogP contribution in [0.5, 0.6) is 0 Å². The second-order valence-electron chi connectivity index (χ2n) is 7.26. The maximum absolute atomic E-state index is 13.0. The Balaban J connectivity index is 1.74. The summed E-state index contributed by atoms with van der Waals surface area (Å²) < 4.78 is 27.4. The zero-order valence-corrected chi connectivity index (χ0v) is 18.4. The monoisotopic (exact) mass is 434 g/mol. The molecule has 2 aromatic carbocycles. The van der Waals surface area contributed by atoms with Gasteiger partial charge in [-0.15, -0.1) is 0 Å². The summed E-state index contributed by atoms with van der Waals surface area (Å²) in [4.78, 5) is 13.0. The molecule has 3 rings (SSSR count). The first-order valence-corrected chi connectivity index (χ1v) is 11.8. The molecule has 0 radical (unpaired) electrons. The number of halogens is 1. The van der Waals surface area contributed by atoms with Crippen LogP contribution in [-0.4, -0.2) is 31.2 Å². The van der Waals surface area contributed by atoms with Crippen molar-refractivity contribution in [1.82, 2.24) is 9.62 Å². The van der Waals surface area contributed by atoms with Gasteiger partial charge in [0.1, 0.15) is 6.04 Å². The SMILES string of the molecule is CCc1ccc(CC)c(CNC(=O)[C@H]2CCCN2S(=O)(=O)c2ccc(Cl)cc2)c1. The molecule has 2 aromatic rings. The van der Waals surface area contributed by atoms with Crippen LogP contribution < -0.4 is 5.32 Å². The van der Waals surface area contributed by atoms with E-state index in [0.29, 0.717) is 31.0 Å². The lowest BCUT2D eigenvalue weighted by Gasteiger charge is -2.23. The summed E-state index contributed by atoms with van der Waals surface area (Å²) in [7, 11) is -3.74. The van der Waals surface area contributed by atoms with Gasteiger partial charge in [0.05, 0.1) is 4.90 Å². The van der Waals surface area contributed by atoms with E-state index in [1.54, 1.807) is 12.1 Å². The van der Waals surface area contributed by atoms with Crippen molar-refractivity contribution < 1.29 is 13.2 Å². The van der Waals surface area contributed by atoms with Crippen molar-refractivity contribution in [3.05, 3.63) is 64.2 Å². The number of sulfonamides is 1. The van der Waals surface area contributed by atoms with E-state index in [0.717, 1.165) is 18.4 Å². The Bertz CT molecular complexity index is 974. The van der Waals surface area contributed by atoms with Crippen molar-refractivity contribution in [1.29, 1.82) is 0 Å². The largest absolute Gasteiger partial charge is 0.351 e. The second kappa shape index (κ2) is 9.28. The van der Waals surface area contributed by atoms with E-state index in [1.807, 2.05) is 0 Å². The average Bonchev–Trinajstić information content (AvgIpc) is 3.23. The average molecular weight is 435 g/mol. The van der Waals surface area contributed by atoms with Gasteiger partial charge in [-0.3, -0.25) is 4.79 Å². The molecule has 0 aliphatic carbocycles. The molecular formula is C22H27ClN2O3S. The van der Waals surface area contributed by atoms with Gasteiger partial charge in [-0.2, -0.15) is 4.31 Å². The molecule has 1 saturated heterocycles. The number of rotatable bonds is 7. The summed E-state index contributed by atoms with van der Waals surface area (Å²) in [5, 5.41) is 3.44. The Kier molecular flexibility index (Phi) is 6.98. The van der Waals surface area contributed by atoms with Crippen molar-refractivity contribution in [2.75, 3.05) is 6.54 Å². The molecule has 0 aromatic heterocycles. The highest BCUT2D eigenvalue weighted by Gasteiger charge is 2.39. The van der Waals surface area contributed by atoms with Crippen molar-refractivity contribution in [3.63, 3.8) is 0 Å². The molecule has 1 heterocycles. The summed E-state index contributed by atoms with van der Waals surface area (Å²) in [5.41, 5.74) is 3.50. The lowest BCUT2D eigenvalue weighted by Crippen LogP contribution is -2.45. The lowest BCUT2D eigenvalue weighted by atomic mass is 10.0. The highest BCUT2D eigenvalue weighted by Crippen LogP contribution is 2.27. The third kappa shape index (κ3) is 4.82. The van der Waals surface area contributed by atoms with Crippen LogP contribution in [0.4, 0.5) is 0 Å². The predicted molar refractivity (Wildman–Crippen MR) is 115 cm³/mol. The number of hydrogen-bond acceptors (Lipinski definition) is 3. The van der Waals surface area contributed by atoms with E-state index in [1.165, 1.54) is 27.6 Å². The van der Waals surface area contributed by atoms with E-state index >= 15 is 0 Å². The Morgan fingerprint density at radius 2 is 1.83 bits per heavy atom. The first kappa shape index (κ1) is 21.8. The molecule has 1 fully saturated rings. The Morgan fingerprint density at radius 3 is 2.48 bits per heavy atom. The topological polar surface area (TPSA) is 66.5 Å². The van der Waals surface area contributed by atoms with Gasteiger partial charge >= 0.3 is 0 Å². The van der Waals surface area contributed by atoms with Crippen LogP contribution in [0, 0.1) is 0 Å². The van der Waals surface area contributed by atoms with Crippen LogP contribution in [0.2, 0.25) is 5.02 Å². The third-order valence-corrected chi connectivity index (χ3v) is 7.61. The fraction of sp³-hybridized carbons (Fsp3) is 0.409. The van der Waals surface area contributed by atoms with E-state index in [-0.39, 0.29) is 10.8 Å². The highest BCUT2D eigenvalue weighted by molar-refractivity contribution is 7.89. The molecule has 1 atom stereocenters. The van der Waals surface area contributed by atoms with Crippen LogP contribution in [0.3, 0.4) is 0 Å². The summed E-state index contributed by atoms with van der Waals surface area (Å²) in [5.74, 6) is -0.246. The van der Waals surface area contributed by atoms with Crippen LogP contribution in [0.25, 0.3) is 0 Å². The zero-order chi connectivity index (χ0) is 21.0. The Hall–Kier alpha value is -1.89. The molecule has 0 unspecified atom stereocenters. The normalized spacial score (nSPS) is 17.4. The van der Waals surface area contributed by atoms with Crippen LogP contribution >= 0.6 is 11.6 Å². The number of carbonyl (C=O) groups is 1. The zero-order valence-electron chi connectivity index (χ0n) is 16.8. The van der Waals surface area contributed by atoms with Gasteiger partial charge in [-0.1, -0.05) is 43.6 Å². The fourth-order valence-electron chi connectivity index (χ4n) is 3.74. The number of hydrogen-bond donors (Lipinski definition) is 1. The van der Waals surface area contributed by atoms with Gasteiger partial charge in [0, 0.05) is 18.1 Å². The summed E-state index contributed by atoms with van der Waals surface area (Å²) >= 11 is 5.87. The number of benzene rings is 2. The molecule has 0 saturated carbocycles. The minimum atomic E-state index is -3.74. The van der Waals surface area contributed by atoms with E-state index in [4.69, 9.17) is 11.6 Å². The molecule has 0 bridgehead atoms.